The van der Waals surface area contributed by atoms with E-state index in [0.717, 1.165) is 30.7 Å². The van der Waals surface area contributed by atoms with Gasteiger partial charge in [-0.1, -0.05) is 38.3 Å². The molecule has 2 amide bonds. The normalized spacial score (nSPS) is 19.5. The third-order valence-electron chi connectivity index (χ3n) is 4.63. The van der Waals surface area contributed by atoms with Crippen molar-refractivity contribution in [2.24, 2.45) is 11.8 Å². The van der Waals surface area contributed by atoms with Gasteiger partial charge in [0.05, 0.1) is 0 Å². The van der Waals surface area contributed by atoms with Gasteiger partial charge in [-0.05, 0) is 11.8 Å². The van der Waals surface area contributed by atoms with E-state index in [2.05, 4.69) is 15.5 Å². The molecule has 0 unspecified atom stereocenters. The Labute approximate surface area is 125 Å². The third-order valence-corrected chi connectivity index (χ3v) is 4.63. The highest BCUT2D eigenvalue weighted by atomic mass is 16.5. The lowest BCUT2D eigenvalue weighted by Crippen LogP contribution is -2.56. The second-order valence-electron chi connectivity index (χ2n) is 6.54. The zero-order chi connectivity index (χ0) is 14.8. The van der Waals surface area contributed by atoms with Crippen LogP contribution in [0.4, 0.5) is 4.79 Å². The minimum absolute atomic E-state index is 0.0363. The molecule has 0 aromatic carbocycles. The van der Waals surface area contributed by atoms with E-state index in [1.807, 2.05) is 18.7 Å². The van der Waals surface area contributed by atoms with E-state index in [1.54, 1.807) is 0 Å². The van der Waals surface area contributed by atoms with E-state index < -0.39 is 0 Å². The van der Waals surface area contributed by atoms with Crippen molar-refractivity contribution >= 4 is 6.03 Å². The predicted molar refractivity (Wildman–Crippen MR) is 77.9 cm³/mol. The molecule has 2 heterocycles. The highest BCUT2D eigenvalue weighted by molar-refractivity contribution is 5.75. The first-order valence-electron chi connectivity index (χ1n) is 7.98. The molecule has 21 heavy (non-hydrogen) atoms. The van der Waals surface area contributed by atoms with Crippen LogP contribution in [0.3, 0.4) is 0 Å². The summed E-state index contributed by atoms with van der Waals surface area (Å²) in [6.07, 6.45) is 4.67. The SMILES string of the molecule is CC(C)c1noc(CCNC(=O)N2CC(C3CCC3)C2)n1. The monoisotopic (exact) mass is 292 g/mol. The standard InChI is InChI=1S/C15H24N4O2/c1-10(2)14-17-13(21-18-14)6-7-16-15(20)19-8-12(9-19)11-4-3-5-11/h10-12H,3-9H2,1-2H3,(H,16,20). The van der Waals surface area contributed by atoms with Crippen molar-refractivity contribution in [3.63, 3.8) is 0 Å². The summed E-state index contributed by atoms with van der Waals surface area (Å²) in [5.41, 5.74) is 0. The van der Waals surface area contributed by atoms with Gasteiger partial charge in [-0.2, -0.15) is 4.98 Å². The van der Waals surface area contributed by atoms with E-state index in [0.29, 0.717) is 18.9 Å². The van der Waals surface area contributed by atoms with Gasteiger partial charge in [0.15, 0.2) is 5.82 Å². The molecule has 0 radical (unpaired) electrons. The number of nitrogens with one attached hydrogen (secondary N) is 1. The molecule has 1 aliphatic carbocycles. The number of hydrogen-bond acceptors (Lipinski definition) is 4. The van der Waals surface area contributed by atoms with E-state index >= 15 is 0 Å². The summed E-state index contributed by atoms with van der Waals surface area (Å²) in [6.45, 7) is 6.45. The molecule has 1 saturated heterocycles. The molecule has 3 rings (SSSR count). The van der Waals surface area contributed by atoms with Crippen LogP contribution in [-0.4, -0.2) is 40.7 Å². The summed E-state index contributed by atoms with van der Waals surface area (Å²) in [4.78, 5) is 18.1. The molecule has 0 atom stereocenters. The number of urea groups is 1. The summed E-state index contributed by atoms with van der Waals surface area (Å²) < 4.78 is 5.15. The van der Waals surface area contributed by atoms with Crippen LogP contribution < -0.4 is 5.32 Å². The molecular formula is C15H24N4O2. The summed E-state index contributed by atoms with van der Waals surface area (Å²) >= 11 is 0. The van der Waals surface area contributed by atoms with Crippen LogP contribution in [-0.2, 0) is 6.42 Å². The number of amides is 2. The number of carbonyl (C=O) groups excluding carboxylic acids is 1. The Morgan fingerprint density at radius 1 is 1.38 bits per heavy atom. The Bertz CT molecular complexity index is 490. The lowest BCUT2D eigenvalue weighted by atomic mass is 9.73. The summed E-state index contributed by atoms with van der Waals surface area (Å²) in [7, 11) is 0. The van der Waals surface area contributed by atoms with Gasteiger partial charge in [-0.15, -0.1) is 0 Å². The second kappa shape index (κ2) is 6.03. The molecule has 1 aromatic heterocycles. The average Bonchev–Trinajstić information content (AvgIpc) is 2.79. The lowest BCUT2D eigenvalue weighted by molar-refractivity contribution is 0.0518. The molecule has 0 spiro atoms. The summed E-state index contributed by atoms with van der Waals surface area (Å²) in [5, 5.41) is 6.84. The first-order chi connectivity index (χ1) is 10.1. The maximum absolute atomic E-state index is 12.0. The van der Waals surface area contributed by atoms with Crippen molar-refractivity contribution in [2.45, 2.75) is 45.4 Å². The number of rotatable bonds is 5. The summed E-state index contributed by atoms with van der Waals surface area (Å²) in [5.74, 6) is 3.20. The Kier molecular flexibility index (Phi) is 4.12. The Morgan fingerprint density at radius 2 is 2.14 bits per heavy atom. The topological polar surface area (TPSA) is 71.3 Å². The molecule has 1 N–H and O–H groups in total. The van der Waals surface area contributed by atoms with Crippen LogP contribution in [0.25, 0.3) is 0 Å². The van der Waals surface area contributed by atoms with Crippen LogP contribution in [0.5, 0.6) is 0 Å². The fourth-order valence-corrected chi connectivity index (χ4v) is 2.88. The summed E-state index contributed by atoms with van der Waals surface area (Å²) in [6, 6.07) is 0.0363. The minimum Gasteiger partial charge on any atom is -0.339 e. The zero-order valence-corrected chi connectivity index (χ0v) is 12.8. The van der Waals surface area contributed by atoms with Gasteiger partial charge in [0.25, 0.3) is 0 Å². The molecule has 1 aliphatic heterocycles. The molecule has 6 nitrogen and oxygen atoms in total. The van der Waals surface area contributed by atoms with E-state index in [4.69, 9.17) is 4.52 Å². The lowest BCUT2D eigenvalue weighted by Gasteiger charge is -2.46. The quantitative estimate of drug-likeness (QED) is 0.903. The number of nitrogens with zero attached hydrogens (tertiary/aromatic N) is 3. The molecule has 116 valence electrons. The smallest absolute Gasteiger partial charge is 0.317 e. The largest absolute Gasteiger partial charge is 0.339 e. The molecule has 6 heteroatoms. The van der Waals surface area contributed by atoms with Gasteiger partial charge in [-0.3, -0.25) is 0 Å². The van der Waals surface area contributed by atoms with Crippen LogP contribution in [0.1, 0.15) is 50.7 Å². The highest BCUT2D eigenvalue weighted by Crippen LogP contribution is 2.37. The average molecular weight is 292 g/mol. The zero-order valence-electron chi connectivity index (χ0n) is 12.8. The Morgan fingerprint density at radius 3 is 2.71 bits per heavy atom. The van der Waals surface area contributed by atoms with Crippen molar-refractivity contribution in [3.05, 3.63) is 11.7 Å². The fourth-order valence-electron chi connectivity index (χ4n) is 2.88. The van der Waals surface area contributed by atoms with Crippen molar-refractivity contribution in [2.75, 3.05) is 19.6 Å². The van der Waals surface area contributed by atoms with Crippen LogP contribution in [0.15, 0.2) is 4.52 Å². The Hall–Kier alpha value is -1.59. The number of likely N-dealkylation sites (tertiary alicyclic amines) is 1. The van der Waals surface area contributed by atoms with E-state index in [9.17, 15) is 4.79 Å². The third kappa shape index (κ3) is 3.19. The van der Waals surface area contributed by atoms with Crippen LogP contribution in [0, 0.1) is 11.8 Å². The molecule has 1 aromatic rings. The number of aromatic nitrogens is 2. The maximum Gasteiger partial charge on any atom is 0.317 e. The van der Waals surface area contributed by atoms with Gasteiger partial charge in [0.1, 0.15) is 0 Å². The number of carbonyl (C=O) groups is 1. The van der Waals surface area contributed by atoms with Gasteiger partial charge < -0.3 is 14.7 Å². The molecule has 2 aliphatic rings. The van der Waals surface area contributed by atoms with Gasteiger partial charge in [-0.25, -0.2) is 4.79 Å². The predicted octanol–water partition coefficient (Wildman–Crippen LogP) is 2.18. The van der Waals surface area contributed by atoms with E-state index in [-0.39, 0.29) is 11.9 Å². The van der Waals surface area contributed by atoms with Crippen molar-refractivity contribution in [1.29, 1.82) is 0 Å². The highest BCUT2D eigenvalue weighted by Gasteiger charge is 2.38. The number of hydrogen-bond donors (Lipinski definition) is 1. The van der Waals surface area contributed by atoms with Crippen LogP contribution in [0.2, 0.25) is 0 Å². The first kappa shape index (κ1) is 14.4. The minimum atomic E-state index is 0.0363. The molecule has 2 fully saturated rings. The molecule has 0 bridgehead atoms. The van der Waals surface area contributed by atoms with Crippen molar-refractivity contribution in [1.82, 2.24) is 20.4 Å². The first-order valence-corrected chi connectivity index (χ1v) is 7.98. The van der Waals surface area contributed by atoms with Gasteiger partial charge in [0.2, 0.25) is 5.89 Å². The van der Waals surface area contributed by atoms with Gasteiger partial charge >= 0.3 is 6.03 Å². The van der Waals surface area contributed by atoms with Crippen molar-refractivity contribution < 1.29 is 9.32 Å². The molecule has 1 saturated carbocycles. The fraction of sp³-hybridized carbons (Fsp3) is 0.800. The molecular weight excluding hydrogens is 268 g/mol. The Balaban J connectivity index is 1.34. The maximum atomic E-state index is 12.0. The van der Waals surface area contributed by atoms with Gasteiger partial charge in [0, 0.05) is 32.0 Å². The van der Waals surface area contributed by atoms with Crippen molar-refractivity contribution in [3.8, 4) is 0 Å². The van der Waals surface area contributed by atoms with Crippen LogP contribution >= 0.6 is 0 Å². The van der Waals surface area contributed by atoms with E-state index in [1.165, 1.54) is 19.3 Å². The second-order valence-corrected chi connectivity index (χ2v) is 6.54.